The topological polar surface area (TPSA) is 46.2 Å². The van der Waals surface area contributed by atoms with Crippen LogP contribution in [-0.2, 0) is 10.0 Å². The number of aryl methyl sites for hydroxylation is 1. The van der Waals surface area contributed by atoms with E-state index in [9.17, 15) is 8.42 Å². The summed E-state index contributed by atoms with van der Waals surface area (Å²) in [4.78, 5) is 0.328. The lowest BCUT2D eigenvalue weighted by atomic mass is 10.2. The van der Waals surface area contributed by atoms with E-state index < -0.39 is 10.0 Å². The number of unbranched alkanes of at least 4 members (excludes halogenated alkanes) is 1. The number of benzene rings is 1. The lowest BCUT2D eigenvalue weighted by Gasteiger charge is -2.06. The number of rotatable bonds is 6. The summed E-state index contributed by atoms with van der Waals surface area (Å²) in [6.07, 6.45) is 5.71. The molecule has 0 spiro atoms. The van der Waals surface area contributed by atoms with Gasteiger partial charge in [-0.2, -0.15) is 0 Å². The molecule has 0 fully saturated rings. The van der Waals surface area contributed by atoms with E-state index in [0.29, 0.717) is 11.4 Å². The predicted molar refractivity (Wildman–Crippen MR) is 70.4 cm³/mol. The molecule has 0 saturated heterocycles. The second kappa shape index (κ2) is 6.57. The van der Waals surface area contributed by atoms with Crippen LogP contribution in [0.2, 0.25) is 0 Å². The van der Waals surface area contributed by atoms with Crippen LogP contribution in [0.1, 0.15) is 25.3 Å². The SMILES string of the molecule is C/C=C/CCCNS(=O)(=O)c1ccc(C)cc1. The van der Waals surface area contributed by atoms with Gasteiger partial charge in [0, 0.05) is 6.54 Å². The first kappa shape index (κ1) is 13.9. The maximum Gasteiger partial charge on any atom is 0.240 e. The van der Waals surface area contributed by atoms with Gasteiger partial charge in [0.05, 0.1) is 4.90 Å². The molecule has 0 unspecified atom stereocenters. The lowest BCUT2D eigenvalue weighted by molar-refractivity contribution is 0.579. The van der Waals surface area contributed by atoms with Crippen LogP contribution < -0.4 is 4.72 Å². The zero-order valence-electron chi connectivity index (χ0n) is 10.3. The predicted octanol–water partition coefficient (Wildman–Crippen LogP) is 2.63. The van der Waals surface area contributed by atoms with E-state index in [0.717, 1.165) is 18.4 Å². The molecule has 4 heteroatoms. The molecule has 0 aliphatic carbocycles. The Morgan fingerprint density at radius 1 is 1.24 bits per heavy atom. The van der Waals surface area contributed by atoms with Crippen LogP contribution in [0.15, 0.2) is 41.3 Å². The molecular weight excluding hydrogens is 234 g/mol. The summed E-state index contributed by atoms with van der Waals surface area (Å²) >= 11 is 0. The van der Waals surface area contributed by atoms with Crippen LogP contribution in [-0.4, -0.2) is 15.0 Å². The first-order valence-electron chi connectivity index (χ1n) is 5.74. The van der Waals surface area contributed by atoms with E-state index in [1.54, 1.807) is 24.3 Å². The van der Waals surface area contributed by atoms with Crippen LogP contribution in [0.3, 0.4) is 0 Å². The van der Waals surface area contributed by atoms with Crippen LogP contribution in [0.25, 0.3) is 0 Å². The third kappa shape index (κ3) is 4.71. The van der Waals surface area contributed by atoms with Crippen molar-refractivity contribution in [3.63, 3.8) is 0 Å². The molecule has 3 nitrogen and oxygen atoms in total. The molecule has 0 radical (unpaired) electrons. The Morgan fingerprint density at radius 3 is 2.47 bits per heavy atom. The first-order valence-corrected chi connectivity index (χ1v) is 7.22. The van der Waals surface area contributed by atoms with Crippen molar-refractivity contribution < 1.29 is 8.42 Å². The molecule has 1 aromatic rings. The third-order valence-corrected chi connectivity index (χ3v) is 3.88. The van der Waals surface area contributed by atoms with Gasteiger partial charge in [0.2, 0.25) is 10.0 Å². The van der Waals surface area contributed by atoms with E-state index in [1.807, 2.05) is 26.0 Å². The quantitative estimate of drug-likeness (QED) is 0.626. The van der Waals surface area contributed by atoms with Gasteiger partial charge >= 0.3 is 0 Å². The summed E-state index contributed by atoms with van der Waals surface area (Å²) in [5.74, 6) is 0. The highest BCUT2D eigenvalue weighted by Crippen LogP contribution is 2.09. The van der Waals surface area contributed by atoms with Gasteiger partial charge < -0.3 is 0 Å². The van der Waals surface area contributed by atoms with Crippen LogP contribution >= 0.6 is 0 Å². The molecule has 17 heavy (non-hydrogen) atoms. The lowest BCUT2D eigenvalue weighted by Crippen LogP contribution is -2.24. The van der Waals surface area contributed by atoms with Crippen molar-refractivity contribution in [3.8, 4) is 0 Å². The first-order chi connectivity index (χ1) is 8.06. The number of hydrogen-bond donors (Lipinski definition) is 1. The standard InChI is InChI=1S/C13H19NO2S/c1-3-4-5-6-11-14-17(15,16)13-9-7-12(2)8-10-13/h3-4,7-10,14H,5-6,11H2,1-2H3/b4-3+. The fourth-order valence-electron chi connectivity index (χ4n) is 1.39. The minimum atomic E-state index is -3.34. The molecule has 0 bridgehead atoms. The van der Waals surface area contributed by atoms with Crippen molar-refractivity contribution in [1.29, 1.82) is 0 Å². The van der Waals surface area contributed by atoms with Crippen molar-refractivity contribution in [2.45, 2.75) is 31.6 Å². The monoisotopic (exact) mass is 253 g/mol. The Hall–Kier alpha value is -1.13. The molecule has 0 heterocycles. The van der Waals surface area contributed by atoms with Crippen molar-refractivity contribution in [2.75, 3.05) is 6.54 Å². The third-order valence-electron chi connectivity index (χ3n) is 2.41. The average Bonchev–Trinajstić information content (AvgIpc) is 2.29. The minimum Gasteiger partial charge on any atom is -0.211 e. The summed E-state index contributed by atoms with van der Waals surface area (Å²) in [7, 11) is -3.34. The van der Waals surface area contributed by atoms with Crippen molar-refractivity contribution in [3.05, 3.63) is 42.0 Å². The Kier molecular flexibility index (Phi) is 5.38. The maximum absolute atomic E-state index is 11.8. The van der Waals surface area contributed by atoms with Crippen molar-refractivity contribution >= 4 is 10.0 Å². The van der Waals surface area contributed by atoms with Crippen LogP contribution in [0.4, 0.5) is 0 Å². The molecule has 1 N–H and O–H groups in total. The Bertz CT molecular complexity index is 461. The second-order valence-corrected chi connectivity index (χ2v) is 5.69. The van der Waals surface area contributed by atoms with Gasteiger partial charge in [-0.25, -0.2) is 13.1 Å². The summed E-state index contributed by atoms with van der Waals surface area (Å²) in [6, 6.07) is 6.86. The summed E-state index contributed by atoms with van der Waals surface area (Å²) in [6.45, 7) is 4.36. The van der Waals surface area contributed by atoms with E-state index in [1.165, 1.54) is 0 Å². The fraction of sp³-hybridized carbons (Fsp3) is 0.385. The second-order valence-electron chi connectivity index (χ2n) is 3.92. The Labute approximate surface area is 104 Å². The van der Waals surface area contributed by atoms with Crippen molar-refractivity contribution in [2.24, 2.45) is 0 Å². The van der Waals surface area contributed by atoms with Gasteiger partial charge in [-0.15, -0.1) is 0 Å². The highest BCUT2D eigenvalue weighted by Gasteiger charge is 2.11. The summed E-state index contributed by atoms with van der Waals surface area (Å²) in [5.41, 5.74) is 1.05. The Balaban J connectivity index is 2.54. The zero-order valence-corrected chi connectivity index (χ0v) is 11.1. The van der Waals surface area contributed by atoms with Crippen molar-refractivity contribution in [1.82, 2.24) is 4.72 Å². The normalized spacial score (nSPS) is 12.1. The van der Waals surface area contributed by atoms with E-state index in [4.69, 9.17) is 0 Å². The largest absolute Gasteiger partial charge is 0.240 e. The van der Waals surface area contributed by atoms with Gasteiger partial charge in [0.1, 0.15) is 0 Å². The Morgan fingerprint density at radius 2 is 1.88 bits per heavy atom. The maximum atomic E-state index is 11.8. The summed E-state index contributed by atoms with van der Waals surface area (Å²) < 4.78 is 26.3. The molecule has 0 aliphatic heterocycles. The number of sulfonamides is 1. The van der Waals surface area contributed by atoms with E-state index in [2.05, 4.69) is 4.72 Å². The number of allylic oxidation sites excluding steroid dienone is 2. The molecule has 0 saturated carbocycles. The van der Waals surface area contributed by atoms with Gasteiger partial charge in [0.15, 0.2) is 0 Å². The van der Waals surface area contributed by atoms with Gasteiger partial charge in [-0.05, 0) is 38.8 Å². The number of hydrogen-bond acceptors (Lipinski definition) is 2. The van der Waals surface area contributed by atoms with Crippen LogP contribution in [0, 0.1) is 6.92 Å². The van der Waals surface area contributed by atoms with E-state index >= 15 is 0 Å². The fourth-order valence-corrected chi connectivity index (χ4v) is 2.47. The van der Waals surface area contributed by atoms with Gasteiger partial charge in [-0.3, -0.25) is 0 Å². The highest BCUT2D eigenvalue weighted by atomic mass is 32.2. The molecule has 0 atom stereocenters. The number of nitrogens with one attached hydrogen (secondary N) is 1. The molecule has 0 aromatic heterocycles. The molecule has 1 aromatic carbocycles. The molecule has 1 rings (SSSR count). The molecular formula is C13H19NO2S. The van der Waals surface area contributed by atoms with Gasteiger partial charge in [0.25, 0.3) is 0 Å². The highest BCUT2D eigenvalue weighted by molar-refractivity contribution is 7.89. The minimum absolute atomic E-state index is 0.328. The van der Waals surface area contributed by atoms with E-state index in [-0.39, 0.29) is 0 Å². The molecule has 0 amide bonds. The van der Waals surface area contributed by atoms with Crippen LogP contribution in [0.5, 0.6) is 0 Å². The van der Waals surface area contributed by atoms with Gasteiger partial charge in [-0.1, -0.05) is 29.8 Å². The smallest absolute Gasteiger partial charge is 0.211 e. The average molecular weight is 253 g/mol. The molecule has 0 aliphatic rings. The molecule has 94 valence electrons. The summed E-state index contributed by atoms with van der Waals surface area (Å²) in [5, 5.41) is 0. The zero-order chi connectivity index (χ0) is 12.7.